The molecule has 0 fully saturated rings. The number of methoxy groups -OCH3 is 1. The fraction of sp³-hybridized carbons (Fsp3) is 0.0588. The third-order valence-electron chi connectivity index (χ3n) is 3.36. The van der Waals surface area contributed by atoms with Crippen LogP contribution in [-0.4, -0.2) is 16.9 Å². The monoisotopic (exact) mass is 414 g/mol. The van der Waals surface area contributed by atoms with Gasteiger partial charge >= 0.3 is 5.56 Å². The summed E-state index contributed by atoms with van der Waals surface area (Å²) in [6, 6.07) is 8.59. The van der Waals surface area contributed by atoms with Crippen LogP contribution in [0, 0.1) is 5.82 Å². The van der Waals surface area contributed by atoms with E-state index in [2.05, 4.69) is 5.10 Å². The summed E-state index contributed by atoms with van der Waals surface area (Å²) in [6.07, 6.45) is 1.21. The first-order valence-corrected chi connectivity index (χ1v) is 8.28. The Hall–Kier alpha value is -2.28. The summed E-state index contributed by atoms with van der Waals surface area (Å²) in [5.41, 5.74) is -0.681. The van der Waals surface area contributed by atoms with Gasteiger partial charge in [-0.1, -0.05) is 34.8 Å². The Labute approximate surface area is 162 Å². The van der Waals surface area contributed by atoms with Crippen molar-refractivity contribution < 1.29 is 13.9 Å². The Kier molecular flexibility index (Phi) is 5.36. The minimum atomic E-state index is -0.705. The summed E-state index contributed by atoms with van der Waals surface area (Å²) in [6.45, 7) is 0. The van der Waals surface area contributed by atoms with Crippen LogP contribution >= 0.6 is 34.8 Å². The number of ether oxygens (including phenoxy) is 2. The van der Waals surface area contributed by atoms with Gasteiger partial charge in [-0.05, 0) is 36.4 Å². The number of hydrogen-bond donors (Lipinski definition) is 0. The molecule has 134 valence electrons. The van der Waals surface area contributed by atoms with Crippen molar-refractivity contribution in [3.05, 3.63) is 73.8 Å². The number of benzene rings is 2. The van der Waals surface area contributed by atoms with E-state index in [9.17, 15) is 9.18 Å². The zero-order chi connectivity index (χ0) is 18.8. The highest BCUT2D eigenvalue weighted by molar-refractivity contribution is 6.37. The first-order chi connectivity index (χ1) is 12.4. The lowest BCUT2D eigenvalue weighted by Crippen LogP contribution is -2.23. The Bertz CT molecular complexity index is 1000. The van der Waals surface area contributed by atoms with Gasteiger partial charge in [-0.2, -0.15) is 9.78 Å². The van der Waals surface area contributed by atoms with Gasteiger partial charge in [-0.3, -0.25) is 4.79 Å². The Morgan fingerprint density at radius 2 is 1.58 bits per heavy atom. The van der Waals surface area contributed by atoms with Gasteiger partial charge in [0, 0.05) is 0 Å². The molecule has 26 heavy (non-hydrogen) atoms. The standard InChI is InChI=1S/C17H10Cl3FN2O3/c1-25-10-2-4-11(5-3-10)26-16-14(20)8-22-23(17(16)24)15-12(18)6-9(21)7-13(15)19/h2-8H,1H3. The molecule has 0 aliphatic rings. The molecule has 5 nitrogen and oxygen atoms in total. The van der Waals surface area contributed by atoms with Gasteiger partial charge in [-0.15, -0.1) is 0 Å². The maximum atomic E-state index is 13.4. The van der Waals surface area contributed by atoms with Crippen molar-refractivity contribution >= 4 is 34.8 Å². The molecule has 0 aliphatic carbocycles. The zero-order valence-electron chi connectivity index (χ0n) is 13.2. The molecule has 0 spiro atoms. The van der Waals surface area contributed by atoms with Gasteiger partial charge in [0.15, 0.2) is 0 Å². The molecule has 0 N–H and O–H groups in total. The number of aromatic nitrogens is 2. The topological polar surface area (TPSA) is 53.4 Å². The highest BCUT2D eigenvalue weighted by Gasteiger charge is 2.18. The van der Waals surface area contributed by atoms with E-state index in [1.165, 1.54) is 13.3 Å². The van der Waals surface area contributed by atoms with Crippen LogP contribution in [0.25, 0.3) is 5.69 Å². The van der Waals surface area contributed by atoms with Crippen LogP contribution in [0.4, 0.5) is 4.39 Å². The normalized spacial score (nSPS) is 10.7. The average Bonchev–Trinajstić information content (AvgIpc) is 2.60. The maximum Gasteiger partial charge on any atom is 0.316 e. The molecule has 0 amide bonds. The van der Waals surface area contributed by atoms with E-state index in [1.807, 2.05) is 0 Å². The van der Waals surface area contributed by atoms with Crippen LogP contribution in [-0.2, 0) is 0 Å². The molecule has 2 aromatic carbocycles. The van der Waals surface area contributed by atoms with E-state index in [-0.39, 0.29) is 26.5 Å². The lowest BCUT2D eigenvalue weighted by Gasteiger charge is -2.12. The second-order valence-electron chi connectivity index (χ2n) is 5.03. The van der Waals surface area contributed by atoms with Gasteiger partial charge in [0.1, 0.15) is 28.0 Å². The molecule has 0 unspecified atom stereocenters. The third-order valence-corrected chi connectivity index (χ3v) is 4.21. The highest BCUT2D eigenvalue weighted by atomic mass is 35.5. The van der Waals surface area contributed by atoms with E-state index in [0.29, 0.717) is 11.5 Å². The molecule has 0 atom stereocenters. The fourth-order valence-electron chi connectivity index (χ4n) is 2.17. The molecule has 0 saturated heterocycles. The SMILES string of the molecule is COc1ccc(Oc2c(Cl)cnn(-c3c(Cl)cc(F)cc3Cl)c2=O)cc1. The van der Waals surface area contributed by atoms with Crippen LogP contribution < -0.4 is 15.0 Å². The fourth-order valence-corrected chi connectivity index (χ4v) is 2.95. The predicted molar refractivity (Wildman–Crippen MR) is 97.9 cm³/mol. The minimum absolute atomic E-state index is 0.00331. The van der Waals surface area contributed by atoms with Gasteiger partial charge < -0.3 is 9.47 Å². The van der Waals surface area contributed by atoms with Crippen LogP contribution in [0.5, 0.6) is 17.2 Å². The number of hydrogen-bond acceptors (Lipinski definition) is 4. The molecule has 9 heteroatoms. The van der Waals surface area contributed by atoms with E-state index in [0.717, 1.165) is 16.8 Å². The zero-order valence-corrected chi connectivity index (χ0v) is 15.4. The van der Waals surface area contributed by atoms with Crippen molar-refractivity contribution in [1.82, 2.24) is 9.78 Å². The van der Waals surface area contributed by atoms with Gasteiger partial charge in [-0.25, -0.2) is 4.39 Å². The van der Waals surface area contributed by atoms with Gasteiger partial charge in [0.2, 0.25) is 5.75 Å². The number of nitrogens with zero attached hydrogens (tertiary/aromatic N) is 2. The largest absolute Gasteiger partial charge is 0.497 e. The van der Waals surface area contributed by atoms with Crippen LogP contribution in [0.15, 0.2) is 47.4 Å². The quantitative estimate of drug-likeness (QED) is 0.592. The summed E-state index contributed by atoms with van der Waals surface area (Å²) in [5.74, 6) is 0.170. The second kappa shape index (κ2) is 7.53. The lowest BCUT2D eigenvalue weighted by molar-refractivity contribution is 0.412. The molecule has 0 radical (unpaired) electrons. The number of halogens is 4. The summed E-state index contributed by atoms with van der Waals surface area (Å²) in [7, 11) is 1.53. The molecular formula is C17H10Cl3FN2O3. The van der Waals surface area contributed by atoms with Crippen LogP contribution in [0.2, 0.25) is 15.1 Å². The van der Waals surface area contributed by atoms with E-state index in [1.54, 1.807) is 24.3 Å². The van der Waals surface area contributed by atoms with E-state index < -0.39 is 11.4 Å². The summed E-state index contributed by atoms with van der Waals surface area (Å²) >= 11 is 18.1. The molecule has 0 aliphatic heterocycles. The predicted octanol–water partition coefficient (Wildman–Crippen LogP) is 5.13. The molecule has 1 heterocycles. The van der Waals surface area contributed by atoms with Gasteiger partial charge in [0.05, 0.1) is 23.4 Å². The first kappa shape index (κ1) is 18.5. The van der Waals surface area contributed by atoms with Crippen LogP contribution in [0.3, 0.4) is 0 Å². The van der Waals surface area contributed by atoms with E-state index in [4.69, 9.17) is 44.3 Å². The van der Waals surface area contributed by atoms with Crippen molar-refractivity contribution in [3.8, 4) is 22.9 Å². The van der Waals surface area contributed by atoms with Crippen molar-refractivity contribution in [2.45, 2.75) is 0 Å². The molecule has 1 aromatic heterocycles. The summed E-state index contributed by atoms with van der Waals surface area (Å²) in [5, 5.41) is 3.74. The van der Waals surface area contributed by atoms with Gasteiger partial charge in [0.25, 0.3) is 0 Å². The molecule has 0 saturated carbocycles. The average molecular weight is 416 g/mol. The first-order valence-electron chi connectivity index (χ1n) is 7.15. The Morgan fingerprint density at radius 3 is 2.15 bits per heavy atom. The molecule has 3 rings (SSSR count). The smallest absolute Gasteiger partial charge is 0.316 e. The molecule has 0 bridgehead atoms. The molecule has 3 aromatic rings. The third kappa shape index (κ3) is 3.62. The van der Waals surface area contributed by atoms with Crippen molar-refractivity contribution in [2.75, 3.05) is 7.11 Å². The Balaban J connectivity index is 2.08. The van der Waals surface area contributed by atoms with E-state index >= 15 is 0 Å². The van der Waals surface area contributed by atoms with Crippen molar-refractivity contribution in [2.24, 2.45) is 0 Å². The Morgan fingerprint density at radius 1 is 1.00 bits per heavy atom. The van der Waals surface area contributed by atoms with Crippen molar-refractivity contribution in [1.29, 1.82) is 0 Å². The maximum absolute atomic E-state index is 13.4. The highest BCUT2D eigenvalue weighted by Crippen LogP contribution is 2.31. The van der Waals surface area contributed by atoms with Crippen LogP contribution in [0.1, 0.15) is 0 Å². The number of rotatable bonds is 4. The van der Waals surface area contributed by atoms with Crippen molar-refractivity contribution in [3.63, 3.8) is 0 Å². The lowest BCUT2D eigenvalue weighted by atomic mass is 10.3. The minimum Gasteiger partial charge on any atom is -0.497 e. The summed E-state index contributed by atoms with van der Waals surface area (Å²) < 4.78 is 24.9. The summed E-state index contributed by atoms with van der Waals surface area (Å²) in [4.78, 5) is 12.8. The second-order valence-corrected chi connectivity index (χ2v) is 6.26. The molecular weight excluding hydrogens is 406 g/mol.